The van der Waals surface area contributed by atoms with E-state index in [4.69, 9.17) is 27.9 Å². The minimum Gasteiger partial charge on any atom is -0.495 e. The van der Waals surface area contributed by atoms with Crippen LogP contribution in [0.3, 0.4) is 0 Å². The maximum absolute atomic E-state index is 12.6. The van der Waals surface area contributed by atoms with Crippen LogP contribution in [0.1, 0.15) is 10.4 Å². The molecule has 1 aliphatic rings. The molecule has 2 aromatic rings. The summed E-state index contributed by atoms with van der Waals surface area (Å²) < 4.78 is 5.24. The first-order valence-corrected chi connectivity index (χ1v) is 9.62. The highest BCUT2D eigenvalue weighted by molar-refractivity contribution is 6.31. The lowest BCUT2D eigenvalue weighted by molar-refractivity contribution is -0.117. The number of nitrogens with one attached hydrogen (secondary N) is 1. The van der Waals surface area contributed by atoms with E-state index < -0.39 is 0 Å². The number of ether oxygens (including phenoxy) is 1. The normalized spacial score (nSPS) is 14.6. The molecule has 0 bridgehead atoms. The molecular weight excluding hydrogens is 401 g/mol. The van der Waals surface area contributed by atoms with Gasteiger partial charge in [-0.3, -0.25) is 14.5 Å². The minimum absolute atomic E-state index is 0.0461. The molecule has 1 heterocycles. The predicted molar refractivity (Wildman–Crippen MR) is 110 cm³/mol. The van der Waals surface area contributed by atoms with E-state index in [1.54, 1.807) is 47.4 Å². The van der Waals surface area contributed by atoms with Crippen molar-refractivity contribution >= 4 is 40.7 Å². The zero-order valence-electron chi connectivity index (χ0n) is 15.5. The van der Waals surface area contributed by atoms with Crippen LogP contribution in [0.2, 0.25) is 10.0 Å². The Morgan fingerprint density at radius 2 is 1.75 bits per heavy atom. The Morgan fingerprint density at radius 3 is 2.43 bits per heavy atom. The molecule has 2 amide bonds. The lowest BCUT2D eigenvalue weighted by Gasteiger charge is -2.34. The SMILES string of the molecule is COc1ccc(Cl)cc1NC(=O)CN1CCN(C(=O)c2cccc(Cl)c2)CC1. The van der Waals surface area contributed by atoms with E-state index in [2.05, 4.69) is 5.32 Å². The van der Waals surface area contributed by atoms with Gasteiger partial charge in [0.05, 0.1) is 19.3 Å². The van der Waals surface area contributed by atoms with Crippen molar-refractivity contribution in [2.75, 3.05) is 45.2 Å². The molecular formula is C20H21Cl2N3O3. The van der Waals surface area contributed by atoms with Crippen molar-refractivity contribution in [3.63, 3.8) is 0 Å². The molecule has 1 saturated heterocycles. The van der Waals surface area contributed by atoms with Gasteiger partial charge in [-0.2, -0.15) is 0 Å². The van der Waals surface area contributed by atoms with Crippen LogP contribution < -0.4 is 10.1 Å². The van der Waals surface area contributed by atoms with Gasteiger partial charge in [0.25, 0.3) is 5.91 Å². The van der Waals surface area contributed by atoms with Gasteiger partial charge in [-0.15, -0.1) is 0 Å². The highest BCUT2D eigenvalue weighted by Gasteiger charge is 2.23. The average Bonchev–Trinajstić information content (AvgIpc) is 2.68. The van der Waals surface area contributed by atoms with Crippen molar-refractivity contribution in [2.24, 2.45) is 0 Å². The van der Waals surface area contributed by atoms with Crippen LogP contribution in [-0.4, -0.2) is 61.4 Å². The van der Waals surface area contributed by atoms with Crippen molar-refractivity contribution < 1.29 is 14.3 Å². The van der Waals surface area contributed by atoms with Gasteiger partial charge in [-0.05, 0) is 36.4 Å². The van der Waals surface area contributed by atoms with Gasteiger partial charge >= 0.3 is 0 Å². The Morgan fingerprint density at radius 1 is 1.04 bits per heavy atom. The van der Waals surface area contributed by atoms with Crippen molar-refractivity contribution in [1.82, 2.24) is 9.80 Å². The number of rotatable bonds is 5. The number of hydrogen-bond donors (Lipinski definition) is 1. The molecule has 0 atom stereocenters. The van der Waals surface area contributed by atoms with Gasteiger partial charge in [0, 0.05) is 41.8 Å². The van der Waals surface area contributed by atoms with Crippen LogP contribution in [0, 0.1) is 0 Å². The number of benzene rings is 2. The summed E-state index contributed by atoms with van der Waals surface area (Å²) in [7, 11) is 1.54. The fourth-order valence-electron chi connectivity index (χ4n) is 3.08. The molecule has 8 heteroatoms. The standard InChI is InChI=1S/C20H21Cl2N3O3/c1-28-18-6-5-16(22)12-17(18)23-19(26)13-24-7-9-25(10-8-24)20(27)14-3-2-4-15(21)11-14/h2-6,11-12H,7-10,13H2,1H3,(H,23,26). The number of carbonyl (C=O) groups excluding carboxylic acids is 2. The number of piperazine rings is 1. The van der Waals surface area contributed by atoms with E-state index in [1.807, 2.05) is 4.90 Å². The monoisotopic (exact) mass is 421 g/mol. The number of nitrogens with zero attached hydrogens (tertiary/aromatic N) is 2. The molecule has 0 aromatic heterocycles. The first kappa shape index (κ1) is 20.5. The second-order valence-corrected chi connectivity index (χ2v) is 7.34. The lowest BCUT2D eigenvalue weighted by Crippen LogP contribution is -2.50. The minimum atomic E-state index is -0.157. The highest BCUT2D eigenvalue weighted by atomic mass is 35.5. The van der Waals surface area contributed by atoms with Crippen LogP contribution in [0.5, 0.6) is 5.75 Å². The number of hydrogen-bond acceptors (Lipinski definition) is 4. The van der Waals surface area contributed by atoms with Gasteiger partial charge in [-0.25, -0.2) is 0 Å². The summed E-state index contributed by atoms with van der Waals surface area (Å²) in [5, 5.41) is 3.89. The van der Waals surface area contributed by atoms with Gasteiger partial charge in [0.15, 0.2) is 0 Å². The largest absolute Gasteiger partial charge is 0.495 e. The quantitative estimate of drug-likeness (QED) is 0.803. The van der Waals surface area contributed by atoms with Crippen molar-refractivity contribution in [2.45, 2.75) is 0 Å². The number of carbonyl (C=O) groups is 2. The van der Waals surface area contributed by atoms with Gasteiger partial charge in [-0.1, -0.05) is 29.3 Å². The number of anilines is 1. The Labute approximate surface area is 174 Å². The van der Waals surface area contributed by atoms with E-state index in [0.717, 1.165) is 0 Å². The third-order valence-electron chi connectivity index (χ3n) is 4.53. The summed E-state index contributed by atoms with van der Waals surface area (Å²) in [6.45, 7) is 2.58. The summed E-state index contributed by atoms with van der Waals surface area (Å²) in [6.07, 6.45) is 0. The summed E-state index contributed by atoms with van der Waals surface area (Å²) in [5.41, 5.74) is 1.11. The molecule has 0 unspecified atom stereocenters. The molecule has 3 rings (SSSR count). The number of halogens is 2. The lowest BCUT2D eigenvalue weighted by atomic mass is 10.2. The third-order valence-corrected chi connectivity index (χ3v) is 5.00. The molecule has 148 valence electrons. The van der Waals surface area contributed by atoms with E-state index in [0.29, 0.717) is 53.2 Å². The fraction of sp³-hybridized carbons (Fsp3) is 0.300. The molecule has 6 nitrogen and oxygen atoms in total. The van der Waals surface area contributed by atoms with Crippen LogP contribution in [0.4, 0.5) is 5.69 Å². The van der Waals surface area contributed by atoms with Crippen molar-refractivity contribution in [3.05, 3.63) is 58.1 Å². The summed E-state index contributed by atoms with van der Waals surface area (Å²) in [4.78, 5) is 28.7. The maximum Gasteiger partial charge on any atom is 0.253 e. The van der Waals surface area contributed by atoms with Gasteiger partial charge in [0.1, 0.15) is 5.75 Å². The molecule has 0 radical (unpaired) electrons. The molecule has 1 fully saturated rings. The molecule has 0 spiro atoms. The molecule has 1 N–H and O–H groups in total. The second-order valence-electron chi connectivity index (χ2n) is 6.47. The predicted octanol–water partition coefficient (Wildman–Crippen LogP) is 3.40. The zero-order valence-corrected chi connectivity index (χ0v) is 17.0. The third kappa shape index (κ3) is 5.16. The van der Waals surface area contributed by atoms with Gasteiger partial charge in [0.2, 0.25) is 5.91 Å². The first-order chi connectivity index (χ1) is 13.5. The van der Waals surface area contributed by atoms with E-state index in [9.17, 15) is 9.59 Å². The van der Waals surface area contributed by atoms with Crippen LogP contribution in [-0.2, 0) is 4.79 Å². The maximum atomic E-state index is 12.6. The smallest absolute Gasteiger partial charge is 0.253 e. The Hall–Kier alpha value is -2.28. The Bertz CT molecular complexity index is 868. The molecule has 1 aliphatic heterocycles. The average molecular weight is 422 g/mol. The second kappa shape index (κ2) is 9.28. The van der Waals surface area contributed by atoms with Crippen LogP contribution in [0.25, 0.3) is 0 Å². The van der Waals surface area contributed by atoms with E-state index >= 15 is 0 Å². The molecule has 0 aliphatic carbocycles. The summed E-state index contributed by atoms with van der Waals surface area (Å²) >= 11 is 12.0. The van der Waals surface area contributed by atoms with Crippen molar-refractivity contribution in [1.29, 1.82) is 0 Å². The summed E-state index contributed by atoms with van der Waals surface area (Å²) in [6, 6.07) is 12.0. The van der Waals surface area contributed by atoms with Crippen LogP contribution >= 0.6 is 23.2 Å². The van der Waals surface area contributed by atoms with Crippen molar-refractivity contribution in [3.8, 4) is 5.75 Å². The molecule has 0 saturated carbocycles. The topological polar surface area (TPSA) is 61.9 Å². The highest BCUT2D eigenvalue weighted by Crippen LogP contribution is 2.27. The number of methoxy groups -OCH3 is 1. The molecule has 2 aromatic carbocycles. The summed E-state index contributed by atoms with van der Waals surface area (Å²) in [5.74, 6) is 0.347. The molecule has 28 heavy (non-hydrogen) atoms. The fourth-order valence-corrected chi connectivity index (χ4v) is 3.45. The number of amides is 2. The Kier molecular flexibility index (Phi) is 6.78. The van der Waals surface area contributed by atoms with E-state index in [-0.39, 0.29) is 18.4 Å². The Balaban J connectivity index is 1.52. The van der Waals surface area contributed by atoms with E-state index in [1.165, 1.54) is 7.11 Å². The van der Waals surface area contributed by atoms with Crippen LogP contribution in [0.15, 0.2) is 42.5 Å². The first-order valence-electron chi connectivity index (χ1n) is 8.87. The zero-order chi connectivity index (χ0) is 20.1. The van der Waals surface area contributed by atoms with Gasteiger partial charge < -0.3 is 15.0 Å².